The van der Waals surface area contributed by atoms with Gasteiger partial charge in [-0.2, -0.15) is 0 Å². The van der Waals surface area contributed by atoms with E-state index in [9.17, 15) is 0 Å². The van der Waals surface area contributed by atoms with Crippen LogP contribution in [0.25, 0.3) is 0 Å². The molecule has 16 heavy (non-hydrogen) atoms. The summed E-state index contributed by atoms with van der Waals surface area (Å²) in [5.41, 5.74) is 0. The lowest BCUT2D eigenvalue weighted by molar-refractivity contribution is 0.0805. The summed E-state index contributed by atoms with van der Waals surface area (Å²) in [5.74, 6) is 0.850. The van der Waals surface area contributed by atoms with E-state index in [4.69, 9.17) is 14.2 Å². The van der Waals surface area contributed by atoms with Crippen LogP contribution in [-0.2, 0) is 9.47 Å². The summed E-state index contributed by atoms with van der Waals surface area (Å²) in [6.07, 6.45) is 0.922. The van der Waals surface area contributed by atoms with Crippen LogP contribution in [0.15, 0.2) is 28.7 Å². The van der Waals surface area contributed by atoms with Gasteiger partial charge in [0.1, 0.15) is 12.4 Å². The van der Waals surface area contributed by atoms with E-state index in [2.05, 4.69) is 15.9 Å². The predicted molar refractivity (Wildman–Crippen MR) is 66.9 cm³/mol. The standard InChI is InChI=1S/C12H17BrO3/c1-14-7-4-8-15-9-10-16-12-6-3-2-5-11(12)13/h2-3,5-6H,4,7-10H2,1H3. The van der Waals surface area contributed by atoms with Crippen molar-refractivity contribution in [2.75, 3.05) is 33.5 Å². The molecule has 0 unspecified atom stereocenters. The van der Waals surface area contributed by atoms with Gasteiger partial charge in [0.25, 0.3) is 0 Å². The number of methoxy groups -OCH3 is 1. The average Bonchev–Trinajstić information content (AvgIpc) is 2.30. The Balaban J connectivity index is 2.05. The molecule has 0 fully saturated rings. The first kappa shape index (κ1) is 13.5. The van der Waals surface area contributed by atoms with Gasteiger partial charge in [-0.1, -0.05) is 12.1 Å². The Morgan fingerprint density at radius 2 is 1.88 bits per heavy atom. The third kappa shape index (κ3) is 5.49. The predicted octanol–water partition coefficient (Wildman–Crippen LogP) is 2.88. The van der Waals surface area contributed by atoms with Crippen molar-refractivity contribution in [1.82, 2.24) is 0 Å². The van der Waals surface area contributed by atoms with E-state index in [0.29, 0.717) is 19.8 Å². The van der Waals surface area contributed by atoms with Crippen molar-refractivity contribution in [3.8, 4) is 5.75 Å². The second-order valence-electron chi connectivity index (χ2n) is 3.24. The van der Waals surface area contributed by atoms with Crippen LogP contribution in [0.3, 0.4) is 0 Å². The molecule has 0 aliphatic carbocycles. The van der Waals surface area contributed by atoms with Crippen LogP contribution in [0.1, 0.15) is 6.42 Å². The number of ether oxygens (including phenoxy) is 3. The molecule has 0 saturated carbocycles. The van der Waals surface area contributed by atoms with Crippen molar-refractivity contribution in [2.24, 2.45) is 0 Å². The third-order valence-electron chi connectivity index (χ3n) is 1.96. The fourth-order valence-electron chi connectivity index (χ4n) is 1.18. The maximum atomic E-state index is 5.54. The van der Waals surface area contributed by atoms with Gasteiger partial charge in [-0.05, 0) is 34.5 Å². The number of hydrogen-bond donors (Lipinski definition) is 0. The first-order valence-corrected chi connectivity index (χ1v) is 6.08. The summed E-state index contributed by atoms with van der Waals surface area (Å²) in [5, 5.41) is 0. The van der Waals surface area contributed by atoms with E-state index in [1.807, 2.05) is 24.3 Å². The highest BCUT2D eigenvalue weighted by Gasteiger charge is 1.98. The van der Waals surface area contributed by atoms with Crippen LogP contribution in [-0.4, -0.2) is 33.5 Å². The number of hydrogen-bond acceptors (Lipinski definition) is 3. The zero-order chi connectivity index (χ0) is 11.6. The second-order valence-corrected chi connectivity index (χ2v) is 4.09. The molecule has 0 radical (unpaired) electrons. The molecular weight excluding hydrogens is 272 g/mol. The summed E-state index contributed by atoms with van der Waals surface area (Å²) >= 11 is 3.42. The minimum absolute atomic E-state index is 0.565. The number of para-hydroxylation sites is 1. The molecule has 90 valence electrons. The third-order valence-corrected chi connectivity index (χ3v) is 2.61. The van der Waals surface area contributed by atoms with Crippen molar-refractivity contribution in [2.45, 2.75) is 6.42 Å². The van der Waals surface area contributed by atoms with Gasteiger partial charge in [-0.15, -0.1) is 0 Å². The Morgan fingerprint density at radius 1 is 1.06 bits per heavy atom. The molecule has 0 saturated heterocycles. The fraction of sp³-hybridized carbons (Fsp3) is 0.500. The summed E-state index contributed by atoms with van der Waals surface area (Å²) in [7, 11) is 1.69. The first-order valence-electron chi connectivity index (χ1n) is 5.28. The Labute approximate surface area is 105 Å². The highest BCUT2D eigenvalue weighted by molar-refractivity contribution is 9.10. The topological polar surface area (TPSA) is 27.7 Å². The van der Waals surface area contributed by atoms with E-state index < -0.39 is 0 Å². The first-order chi connectivity index (χ1) is 7.84. The Bertz CT molecular complexity index is 291. The lowest BCUT2D eigenvalue weighted by atomic mass is 10.3. The molecule has 4 heteroatoms. The van der Waals surface area contributed by atoms with E-state index in [1.165, 1.54) is 0 Å². The van der Waals surface area contributed by atoms with Gasteiger partial charge in [0.2, 0.25) is 0 Å². The van der Waals surface area contributed by atoms with Gasteiger partial charge in [0, 0.05) is 20.3 Å². The van der Waals surface area contributed by atoms with Crippen LogP contribution in [0, 0.1) is 0 Å². The fourth-order valence-corrected chi connectivity index (χ4v) is 1.58. The van der Waals surface area contributed by atoms with Gasteiger partial charge in [-0.3, -0.25) is 0 Å². The van der Waals surface area contributed by atoms with Crippen LogP contribution in [0.2, 0.25) is 0 Å². The van der Waals surface area contributed by atoms with E-state index in [1.54, 1.807) is 7.11 Å². The van der Waals surface area contributed by atoms with Crippen molar-refractivity contribution < 1.29 is 14.2 Å². The van der Waals surface area contributed by atoms with Crippen LogP contribution < -0.4 is 4.74 Å². The lowest BCUT2D eigenvalue weighted by Gasteiger charge is -2.08. The minimum atomic E-state index is 0.565. The molecule has 1 aromatic carbocycles. The Hall–Kier alpha value is -0.580. The summed E-state index contributed by atoms with van der Waals surface area (Å²) in [6.45, 7) is 2.62. The van der Waals surface area contributed by atoms with Crippen molar-refractivity contribution in [3.63, 3.8) is 0 Å². The molecule has 0 atom stereocenters. The molecule has 0 aliphatic heterocycles. The minimum Gasteiger partial charge on any atom is -0.490 e. The van der Waals surface area contributed by atoms with Crippen molar-refractivity contribution >= 4 is 15.9 Å². The molecule has 3 nitrogen and oxygen atoms in total. The maximum Gasteiger partial charge on any atom is 0.133 e. The molecule has 0 aliphatic rings. The highest BCUT2D eigenvalue weighted by Crippen LogP contribution is 2.23. The highest BCUT2D eigenvalue weighted by atomic mass is 79.9. The molecule has 0 amide bonds. The average molecular weight is 289 g/mol. The van der Waals surface area contributed by atoms with Crippen LogP contribution >= 0.6 is 15.9 Å². The number of halogens is 1. The van der Waals surface area contributed by atoms with Crippen LogP contribution in [0.5, 0.6) is 5.75 Å². The summed E-state index contributed by atoms with van der Waals surface area (Å²) < 4.78 is 16.8. The van der Waals surface area contributed by atoms with Gasteiger partial charge < -0.3 is 14.2 Å². The molecule has 0 spiro atoms. The molecule has 1 rings (SSSR count). The Kier molecular flexibility index (Phi) is 7.21. The normalized spacial score (nSPS) is 10.4. The molecule has 1 aromatic rings. The molecule has 0 bridgehead atoms. The zero-order valence-corrected chi connectivity index (χ0v) is 11.0. The second kappa shape index (κ2) is 8.56. The Morgan fingerprint density at radius 3 is 2.62 bits per heavy atom. The van der Waals surface area contributed by atoms with Gasteiger partial charge in [-0.25, -0.2) is 0 Å². The van der Waals surface area contributed by atoms with E-state index in [-0.39, 0.29) is 0 Å². The SMILES string of the molecule is COCCCOCCOc1ccccc1Br. The smallest absolute Gasteiger partial charge is 0.133 e. The van der Waals surface area contributed by atoms with Crippen LogP contribution in [0.4, 0.5) is 0 Å². The molecular formula is C12H17BrO3. The van der Waals surface area contributed by atoms with Crippen molar-refractivity contribution in [1.29, 1.82) is 0 Å². The van der Waals surface area contributed by atoms with Gasteiger partial charge in [0.15, 0.2) is 0 Å². The van der Waals surface area contributed by atoms with E-state index >= 15 is 0 Å². The lowest BCUT2D eigenvalue weighted by Crippen LogP contribution is -2.08. The monoisotopic (exact) mass is 288 g/mol. The largest absolute Gasteiger partial charge is 0.490 e. The summed E-state index contributed by atoms with van der Waals surface area (Å²) in [6, 6.07) is 7.78. The zero-order valence-electron chi connectivity index (χ0n) is 9.45. The number of benzene rings is 1. The van der Waals surface area contributed by atoms with Gasteiger partial charge >= 0.3 is 0 Å². The van der Waals surface area contributed by atoms with E-state index in [0.717, 1.165) is 23.2 Å². The molecule has 0 heterocycles. The van der Waals surface area contributed by atoms with Crippen molar-refractivity contribution in [3.05, 3.63) is 28.7 Å². The summed E-state index contributed by atoms with van der Waals surface area (Å²) in [4.78, 5) is 0. The maximum absolute atomic E-state index is 5.54. The van der Waals surface area contributed by atoms with Gasteiger partial charge in [0.05, 0.1) is 11.1 Å². The molecule has 0 aromatic heterocycles. The number of rotatable bonds is 8. The quantitative estimate of drug-likeness (QED) is 0.689. The molecule has 0 N–H and O–H groups in total.